The molecule has 1 aromatic carbocycles. The van der Waals surface area contributed by atoms with Crippen LogP contribution in [0.1, 0.15) is 0 Å². The van der Waals surface area contributed by atoms with Crippen molar-refractivity contribution < 1.29 is 31.8 Å². The summed E-state index contributed by atoms with van der Waals surface area (Å²) >= 11 is 5.63. The van der Waals surface area contributed by atoms with Gasteiger partial charge >= 0.3 is 12.6 Å². The highest BCUT2D eigenvalue weighted by atomic mass is 35.5. The number of nitrogens with zero attached hydrogens (tertiary/aromatic N) is 1. The van der Waals surface area contributed by atoms with E-state index in [-0.39, 0.29) is 15.7 Å². The van der Waals surface area contributed by atoms with Crippen molar-refractivity contribution in [2.75, 3.05) is 13.6 Å². The van der Waals surface area contributed by atoms with Crippen molar-refractivity contribution in [3.8, 4) is 5.75 Å². The van der Waals surface area contributed by atoms with Crippen LogP contribution in [0.3, 0.4) is 0 Å². The molecule has 0 amide bonds. The summed E-state index contributed by atoms with van der Waals surface area (Å²) in [4.78, 5) is 10.2. The Hall–Kier alpha value is -1.45. The SMILES string of the molecule is CN(CC(=O)O)S(=O)(=O)c1ccc(OC(F)F)c(Cl)c1. The molecule has 0 atom stereocenters. The van der Waals surface area contributed by atoms with Gasteiger partial charge < -0.3 is 9.84 Å². The van der Waals surface area contributed by atoms with E-state index in [0.29, 0.717) is 4.31 Å². The van der Waals surface area contributed by atoms with E-state index in [4.69, 9.17) is 16.7 Å². The van der Waals surface area contributed by atoms with Crippen LogP contribution in [-0.2, 0) is 14.8 Å². The highest BCUT2D eigenvalue weighted by Gasteiger charge is 2.24. The predicted molar refractivity (Wildman–Crippen MR) is 65.5 cm³/mol. The zero-order valence-electron chi connectivity index (χ0n) is 10.1. The molecule has 0 saturated heterocycles. The monoisotopic (exact) mass is 329 g/mol. The van der Waals surface area contributed by atoms with Crippen LogP contribution in [0, 0.1) is 0 Å². The lowest BCUT2D eigenvalue weighted by Gasteiger charge is -2.15. The lowest BCUT2D eigenvalue weighted by molar-refractivity contribution is -0.137. The van der Waals surface area contributed by atoms with Crippen molar-refractivity contribution in [2.24, 2.45) is 0 Å². The second kappa shape index (κ2) is 6.33. The number of benzene rings is 1. The van der Waals surface area contributed by atoms with Gasteiger partial charge in [-0.25, -0.2) is 8.42 Å². The Balaban J connectivity index is 3.08. The molecule has 6 nitrogen and oxygen atoms in total. The molecule has 10 heteroatoms. The fourth-order valence-electron chi connectivity index (χ4n) is 1.29. The summed E-state index contributed by atoms with van der Waals surface area (Å²) < 4.78 is 52.7. The largest absolute Gasteiger partial charge is 0.480 e. The summed E-state index contributed by atoms with van der Waals surface area (Å²) in [7, 11) is -3.01. The van der Waals surface area contributed by atoms with Crippen molar-refractivity contribution in [2.45, 2.75) is 11.5 Å². The maximum absolute atomic E-state index is 12.0. The molecule has 0 heterocycles. The third kappa shape index (κ3) is 4.02. The maximum atomic E-state index is 12.0. The summed E-state index contributed by atoms with van der Waals surface area (Å²) in [6.45, 7) is -3.83. The van der Waals surface area contributed by atoms with Gasteiger partial charge in [0.1, 0.15) is 12.3 Å². The van der Waals surface area contributed by atoms with Crippen LogP contribution in [0.4, 0.5) is 8.78 Å². The number of halogens is 3. The highest BCUT2D eigenvalue weighted by Crippen LogP contribution is 2.29. The van der Waals surface area contributed by atoms with E-state index in [0.717, 1.165) is 25.2 Å². The van der Waals surface area contributed by atoms with Crippen LogP contribution < -0.4 is 4.74 Å². The number of alkyl halides is 2. The quantitative estimate of drug-likeness (QED) is 0.858. The number of rotatable bonds is 6. The van der Waals surface area contributed by atoms with E-state index in [1.165, 1.54) is 0 Å². The van der Waals surface area contributed by atoms with Gasteiger partial charge in [0.05, 0.1) is 9.92 Å². The second-order valence-corrected chi connectivity index (χ2v) is 6.08. The molecule has 1 aromatic rings. The molecular formula is C10H10ClF2NO5S. The molecule has 0 aliphatic heterocycles. The van der Waals surface area contributed by atoms with Crippen LogP contribution in [0.5, 0.6) is 5.75 Å². The topological polar surface area (TPSA) is 83.9 Å². The van der Waals surface area contributed by atoms with Gasteiger partial charge in [0.2, 0.25) is 10.0 Å². The van der Waals surface area contributed by atoms with Gasteiger partial charge in [-0.2, -0.15) is 13.1 Å². The first kappa shape index (κ1) is 16.6. The molecule has 1 N–H and O–H groups in total. The predicted octanol–water partition coefficient (Wildman–Crippen LogP) is 1.65. The second-order valence-electron chi connectivity index (χ2n) is 3.63. The van der Waals surface area contributed by atoms with Crippen LogP contribution in [0.25, 0.3) is 0 Å². The molecular weight excluding hydrogens is 320 g/mol. The summed E-state index contributed by atoms with van der Waals surface area (Å²) in [5.74, 6) is -1.71. The summed E-state index contributed by atoms with van der Waals surface area (Å²) in [6, 6.07) is 2.88. The van der Waals surface area contributed by atoms with Gasteiger partial charge in [-0.1, -0.05) is 11.6 Å². The van der Waals surface area contributed by atoms with Gasteiger partial charge in [-0.05, 0) is 18.2 Å². The molecule has 0 radical (unpaired) electrons. The molecule has 0 aliphatic carbocycles. The molecule has 0 aromatic heterocycles. The zero-order valence-corrected chi connectivity index (χ0v) is 11.7. The van der Waals surface area contributed by atoms with E-state index in [9.17, 15) is 22.0 Å². The van der Waals surface area contributed by atoms with E-state index in [2.05, 4.69) is 4.74 Å². The number of ether oxygens (including phenoxy) is 1. The first-order valence-electron chi connectivity index (χ1n) is 5.07. The lowest BCUT2D eigenvalue weighted by Crippen LogP contribution is -2.32. The summed E-state index contributed by atoms with van der Waals surface area (Å²) in [5.41, 5.74) is 0. The fourth-order valence-corrected chi connectivity index (χ4v) is 2.73. The van der Waals surface area contributed by atoms with E-state index in [1.807, 2.05) is 0 Å². The molecule has 0 saturated carbocycles. The van der Waals surface area contributed by atoms with E-state index >= 15 is 0 Å². The molecule has 0 fully saturated rings. The Morgan fingerprint density at radius 1 is 1.50 bits per heavy atom. The van der Waals surface area contributed by atoms with Crippen molar-refractivity contribution in [3.05, 3.63) is 23.2 Å². The summed E-state index contributed by atoms with van der Waals surface area (Å²) in [6.07, 6.45) is 0. The number of carboxylic acid groups (broad SMARTS) is 1. The van der Waals surface area contributed by atoms with E-state index in [1.54, 1.807) is 0 Å². The standard InChI is InChI=1S/C10H10ClF2NO5S/c1-14(5-9(15)16)20(17,18)6-2-3-8(7(11)4-6)19-10(12)13/h2-4,10H,5H2,1H3,(H,15,16). The number of carboxylic acids is 1. The smallest absolute Gasteiger partial charge is 0.387 e. The highest BCUT2D eigenvalue weighted by molar-refractivity contribution is 7.89. The third-order valence-corrected chi connectivity index (χ3v) is 4.28. The van der Waals surface area contributed by atoms with Gasteiger partial charge in [-0.3, -0.25) is 4.79 Å². The number of hydrogen-bond acceptors (Lipinski definition) is 4. The number of aliphatic carboxylic acids is 1. The normalized spacial score (nSPS) is 11.9. The van der Waals surface area contributed by atoms with Gasteiger partial charge in [0.25, 0.3) is 0 Å². The zero-order chi connectivity index (χ0) is 15.5. The molecule has 112 valence electrons. The van der Waals surface area contributed by atoms with Gasteiger partial charge in [0.15, 0.2) is 0 Å². The Kier molecular flexibility index (Phi) is 5.26. The number of hydrogen-bond donors (Lipinski definition) is 1. The number of carbonyl (C=O) groups is 1. The van der Waals surface area contributed by atoms with Crippen molar-refractivity contribution in [3.63, 3.8) is 0 Å². The molecule has 0 unspecified atom stereocenters. The minimum atomic E-state index is -4.08. The van der Waals surface area contributed by atoms with Crippen molar-refractivity contribution in [1.82, 2.24) is 4.31 Å². The van der Waals surface area contributed by atoms with E-state index < -0.39 is 29.1 Å². The van der Waals surface area contributed by atoms with Crippen molar-refractivity contribution in [1.29, 1.82) is 0 Å². The minimum Gasteiger partial charge on any atom is -0.480 e. The summed E-state index contributed by atoms with van der Waals surface area (Å²) in [5, 5.41) is 8.23. The molecule has 0 aliphatic rings. The average Bonchev–Trinajstić information content (AvgIpc) is 2.30. The molecule has 0 bridgehead atoms. The minimum absolute atomic E-state index is 0.324. The number of likely N-dealkylation sites (N-methyl/N-ethyl adjacent to an activating group) is 1. The lowest BCUT2D eigenvalue weighted by atomic mass is 10.3. The fraction of sp³-hybridized carbons (Fsp3) is 0.300. The van der Waals surface area contributed by atoms with Crippen molar-refractivity contribution >= 4 is 27.6 Å². The maximum Gasteiger partial charge on any atom is 0.387 e. The van der Waals surface area contributed by atoms with Crippen LogP contribution in [-0.4, -0.2) is 44.0 Å². The van der Waals surface area contributed by atoms with Crippen LogP contribution in [0.15, 0.2) is 23.1 Å². The Bertz CT molecular complexity index is 608. The van der Waals surface area contributed by atoms with Crippen LogP contribution >= 0.6 is 11.6 Å². The molecule has 1 rings (SSSR count). The Morgan fingerprint density at radius 3 is 2.55 bits per heavy atom. The molecule has 20 heavy (non-hydrogen) atoms. The van der Waals surface area contributed by atoms with Crippen LogP contribution in [0.2, 0.25) is 5.02 Å². The third-order valence-electron chi connectivity index (χ3n) is 2.19. The number of sulfonamides is 1. The first-order valence-corrected chi connectivity index (χ1v) is 6.89. The Labute approximate surface area is 118 Å². The average molecular weight is 330 g/mol. The first-order chi connectivity index (χ1) is 9.14. The molecule has 0 spiro atoms. The van der Waals surface area contributed by atoms with Gasteiger partial charge in [-0.15, -0.1) is 0 Å². The Morgan fingerprint density at radius 2 is 2.10 bits per heavy atom. The van der Waals surface area contributed by atoms with Gasteiger partial charge in [0, 0.05) is 7.05 Å².